The molecule has 0 saturated heterocycles. The predicted molar refractivity (Wildman–Crippen MR) is 44.4 cm³/mol. The maximum atomic E-state index is 11.1. The molecule has 1 aliphatic heterocycles. The molecule has 1 unspecified atom stereocenters. The van der Waals surface area contributed by atoms with Crippen LogP contribution in [-0.2, 0) is 9.59 Å². The minimum absolute atomic E-state index is 0.0787. The van der Waals surface area contributed by atoms with Gasteiger partial charge in [-0.25, -0.2) is 0 Å². The van der Waals surface area contributed by atoms with Gasteiger partial charge in [-0.1, -0.05) is 0 Å². The molecule has 0 aliphatic carbocycles. The van der Waals surface area contributed by atoms with Crippen molar-refractivity contribution in [3.8, 4) is 0 Å². The highest BCUT2D eigenvalue weighted by atomic mass is 16.2. The number of carbonyl (C=O) groups excluding carboxylic acids is 2. The van der Waals surface area contributed by atoms with Crippen LogP contribution in [0.1, 0.15) is 6.92 Å². The fourth-order valence-electron chi connectivity index (χ4n) is 1.23. The summed E-state index contributed by atoms with van der Waals surface area (Å²) >= 11 is 0. The van der Waals surface area contributed by atoms with Crippen molar-refractivity contribution in [2.24, 2.45) is 0 Å². The van der Waals surface area contributed by atoms with Gasteiger partial charge in [0.2, 0.25) is 0 Å². The van der Waals surface area contributed by atoms with E-state index in [-0.39, 0.29) is 17.9 Å². The Hall–Kier alpha value is -1.16. The van der Waals surface area contributed by atoms with Crippen molar-refractivity contribution in [2.45, 2.75) is 13.0 Å². The number of amides is 2. The van der Waals surface area contributed by atoms with Gasteiger partial charge in [-0.15, -0.1) is 0 Å². The highest BCUT2D eigenvalue weighted by Gasteiger charge is 2.27. The molecule has 0 spiro atoms. The zero-order valence-corrected chi connectivity index (χ0v) is 7.20. The molecule has 0 radical (unpaired) electrons. The van der Waals surface area contributed by atoms with Gasteiger partial charge in [0, 0.05) is 24.7 Å². The van der Waals surface area contributed by atoms with E-state index in [4.69, 9.17) is 0 Å². The van der Waals surface area contributed by atoms with Crippen LogP contribution in [0, 0.1) is 0 Å². The summed E-state index contributed by atoms with van der Waals surface area (Å²) in [5.74, 6) is -0.439. The Morgan fingerprint density at radius 3 is 2.33 bits per heavy atom. The number of nitrogens with one attached hydrogen (secondary N) is 1. The first-order chi connectivity index (χ1) is 5.66. The summed E-state index contributed by atoms with van der Waals surface area (Å²) in [6.45, 7) is 2.46. The van der Waals surface area contributed by atoms with Crippen LogP contribution in [0.25, 0.3) is 0 Å². The van der Waals surface area contributed by atoms with Gasteiger partial charge >= 0.3 is 0 Å². The predicted octanol–water partition coefficient (Wildman–Crippen LogP) is -0.481. The van der Waals surface area contributed by atoms with Crippen molar-refractivity contribution in [3.63, 3.8) is 0 Å². The third kappa shape index (κ3) is 1.53. The third-order valence-corrected chi connectivity index (χ3v) is 1.78. The number of imide groups is 1. The average Bonchev–Trinajstić information content (AvgIpc) is 2.32. The lowest BCUT2D eigenvalue weighted by atomic mass is 10.3. The van der Waals surface area contributed by atoms with Crippen LogP contribution in [0.4, 0.5) is 0 Å². The van der Waals surface area contributed by atoms with Gasteiger partial charge < -0.3 is 5.32 Å². The lowest BCUT2D eigenvalue weighted by molar-refractivity contribution is -0.138. The topological polar surface area (TPSA) is 49.4 Å². The summed E-state index contributed by atoms with van der Waals surface area (Å²) in [5.41, 5.74) is 0. The molecule has 1 heterocycles. The lowest BCUT2D eigenvalue weighted by Crippen LogP contribution is -2.43. The van der Waals surface area contributed by atoms with E-state index in [0.29, 0.717) is 6.54 Å². The Balaban J connectivity index is 2.63. The fourth-order valence-corrected chi connectivity index (χ4v) is 1.23. The normalized spacial score (nSPS) is 19.0. The van der Waals surface area contributed by atoms with E-state index in [1.807, 2.05) is 6.92 Å². The Morgan fingerprint density at radius 2 is 1.92 bits per heavy atom. The van der Waals surface area contributed by atoms with E-state index in [1.165, 1.54) is 17.1 Å². The van der Waals surface area contributed by atoms with E-state index in [2.05, 4.69) is 5.32 Å². The zero-order chi connectivity index (χ0) is 9.14. The van der Waals surface area contributed by atoms with Gasteiger partial charge in [-0.05, 0) is 14.0 Å². The first-order valence-electron chi connectivity index (χ1n) is 3.86. The van der Waals surface area contributed by atoms with Gasteiger partial charge in [0.25, 0.3) is 11.8 Å². The van der Waals surface area contributed by atoms with E-state index in [0.717, 1.165) is 0 Å². The molecular formula is C8H12N2O2. The molecule has 4 nitrogen and oxygen atoms in total. The second-order valence-electron chi connectivity index (χ2n) is 2.79. The summed E-state index contributed by atoms with van der Waals surface area (Å²) in [6.07, 6.45) is 2.60. The summed E-state index contributed by atoms with van der Waals surface area (Å²) in [4.78, 5) is 23.4. The second kappa shape index (κ2) is 3.49. The Morgan fingerprint density at radius 1 is 1.42 bits per heavy atom. The Labute approximate surface area is 71.2 Å². The minimum atomic E-state index is -0.220. The number of carbonyl (C=O) groups is 2. The number of rotatable bonds is 3. The molecule has 66 valence electrons. The molecule has 0 aromatic rings. The molecule has 12 heavy (non-hydrogen) atoms. The van der Waals surface area contributed by atoms with Crippen molar-refractivity contribution in [1.29, 1.82) is 0 Å². The monoisotopic (exact) mass is 168 g/mol. The van der Waals surface area contributed by atoms with Crippen LogP contribution in [0.5, 0.6) is 0 Å². The van der Waals surface area contributed by atoms with Crippen LogP contribution >= 0.6 is 0 Å². The van der Waals surface area contributed by atoms with Crippen LogP contribution in [0.3, 0.4) is 0 Å². The van der Waals surface area contributed by atoms with Gasteiger partial charge in [0.05, 0.1) is 0 Å². The van der Waals surface area contributed by atoms with E-state index >= 15 is 0 Å². The molecule has 0 bridgehead atoms. The highest BCUT2D eigenvalue weighted by Crippen LogP contribution is 2.07. The van der Waals surface area contributed by atoms with Crippen molar-refractivity contribution in [2.75, 3.05) is 13.6 Å². The molecule has 1 aliphatic rings. The minimum Gasteiger partial charge on any atom is -0.318 e. The molecule has 2 amide bonds. The van der Waals surface area contributed by atoms with E-state index in [9.17, 15) is 9.59 Å². The van der Waals surface area contributed by atoms with Gasteiger partial charge in [0.15, 0.2) is 0 Å². The molecule has 1 rings (SSSR count). The first kappa shape index (κ1) is 8.93. The van der Waals surface area contributed by atoms with E-state index < -0.39 is 0 Å². The van der Waals surface area contributed by atoms with Gasteiger partial charge in [-0.2, -0.15) is 0 Å². The number of nitrogens with zero attached hydrogens (tertiary/aromatic N) is 1. The first-order valence-corrected chi connectivity index (χ1v) is 3.86. The van der Waals surface area contributed by atoms with E-state index in [1.54, 1.807) is 7.05 Å². The summed E-state index contributed by atoms with van der Waals surface area (Å²) < 4.78 is 0. The smallest absolute Gasteiger partial charge is 0.253 e. The largest absolute Gasteiger partial charge is 0.318 e. The van der Waals surface area contributed by atoms with Gasteiger partial charge in [-0.3, -0.25) is 14.5 Å². The zero-order valence-electron chi connectivity index (χ0n) is 7.20. The SMILES string of the molecule is CNCC(C)N1C(=O)C=CC1=O. The number of hydrogen-bond acceptors (Lipinski definition) is 3. The van der Waals surface area contributed by atoms with Crippen molar-refractivity contribution < 1.29 is 9.59 Å². The number of hydrogen-bond donors (Lipinski definition) is 1. The lowest BCUT2D eigenvalue weighted by Gasteiger charge is -2.21. The van der Waals surface area contributed by atoms with Crippen molar-refractivity contribution in [1.82, 2.24) is 10.2 Å². The Kier molecular flexibility index (Phi) is 2.60. The Bertz CT molecular complexity index is 217. The summed E-state index contributed by atoms with van der Waals surface area (Å²) in [7, 11) is 1.79. The third-order valence-electron chi connectivity index (χ3n) is 1.78. The standard InChI is InChI=1S/C8H12N2O2/c1-6(5-9-2)10-7(11)3-4-8(10)12/h3-4,6,9H,5H2,1-2H3. The maximum absolute atomic E-state index is 11.1. The molecule has 0 aromatic heterocycles. The molecule has 0 saturated carbocycles. The van der Waals surface area contributed by atoms with Crippen LogP contribution in [0.2, 0.25) is 0 Å². The van der Waals surface area contributed by atoms with Crippen molar-refractivity contribution >= 4 is 11.8 Å². The molecule has 4 heteroatoms. The molecule has 1 atom stereocenters. The second-order valence-corrected chi connectivity index (χ2v) is 2.79. The van der Waals surface area contributed by atoms with Crippen LogP contribution < -0.4 is 5.32 Å². The van der Waals surface area contributed by atoms with Crippen LogP contribution in [0.15, 0.2) is 12.2 Å². The summed E-state index contributed by atoms with van der Waals surface area (Å²) in [6, 6.07) is -0.0787. The fraction of sp³-hybridized carbons (Fsp3) is 0.500. The quantitative estimate of drug-likeness (QED) is 0.579. The average molecular weight is 168 g/mol. The maximum Gasteiger partial charge on any atom is 0.253 e. The molecule has 1 N–H and O–H groups in total. The number of likely N-dealkylation sites (N-methyl/N-ethyl adjacent to an activating group) is 1. The highest BCUT2D eigenvalue weighted by molar-refractivity contribution is 6.13. The molecule has 0 aromatic carbocycles. The van der Waals surface area contributed by atoms with Gasteiger partial charge in [0.1, 0.15) is 0 Å². The van der Waals surface area contributed by atoms with Crippen LogP contribution in [-0.4, -0.2) is 36.3 Å². The molecular weight excluding hydrogens is 156 g/mol. The van der Waals surface area contributed by atoms with Crippen molar-refractivity contribution in [3.05, 3.63) is 12.2 Å². The molecule has 0 fully saturated rings. The summed E-state index contributed by atoms with van der Waals surface area (Å²) in [5, 5.41) is 2.91.